The van der Waals surface area contributed by atoms with E-state index in [1.807, 2.05) is 0 Å². The molecular weight excluding hydrogens is 224 g/mol. The van der Waals surface area contributed by atoms with Crippen molar-refractivity contribution in [2.45, 2.75) is 13.0 Å². The third-order valence-electron chi connectivity index (χ3n) is 2.18. The minimum atomic E-state index is -0.916. The Bertz CT molecular complexity index is 364. The molecule has 1 heterocycles. The van der Waals surface area contributed by atoms with E-state index >= 15 is 0 Å². The predicted octanol–water partition coefficient (Wildman–Crippen LogP) is -0.000800. The van der Waals surface area contributed by atoms with Gasteiger partial charge < -0.3 is 15.3 Å². The Kier molecular flexibility index (Phi) is 4.99. The third-order valence-corrected chi connectivity index (χ3v) is 2.18. The normalized spacial score (nSPS) is 9.94. The molecule has 94 valence electrons. The second-order valence-electron chi connectivity index (χ2n) is 3.57. The highest BCUT2D eigenvalue weighted by Crippen LogP contribution is 1.89. The molecule has 1 rings (SSSR count). The fourth-order valence-electron chi connectivity index (χ4n) is 1.21. The fraction of sp³-hybridized carbons (Fsp3) is 0.500. The molecule has 0 aliphatic rings. The number of hydrogen-bond donors (Lipinski definition) is 2. The van der Waals surface area contributed by atoms with Crippen LogP contribution < -0.4 is 5.32 Å². The van der Waals surface area contributed by atoms with Crippen LogP contribution >= 0.6 is 0 Å². The van der Waals surface area contributed by atoms with Crippen LogP contribution in [0.1, 0.15) is 6.42 Å². The Morgan fingerprint density at radius 2 is 2.29 bits per heavy atom. The summed E-state index contributed by atoms with van der Waals surface area (Å²) in [6.07, 6.45) is 3.42. The zero-order valence-corrected chi connectivity index (χ0v) is 9.67. The molecule has 0 bridgehead atoms. The van der Waals surface area contributed by atoms with E-state index in [0.717, 1.165) is 0 Å². The molecule has 0 unspecified atom stereocenters. The van der Waals surface area contributed by atoms with Crippen LogP contribution in [-0.4, -0.2) is 51.9 Å². The molecule has 0 radical (unpaired) electrons. The SMILES string of the molecule is CN(CCC(=O)O)C(=O)NCCn1cccn1. The zero-order valence-electron chi connectivity index (χ0n) is 9.67. The van der Waals surface area contributed by atoms with Crippen molar-refractivity contribution >= 4 is 12.0 Å². The molecule has 1 aromatic rings. The lowest BCUT2D eigenvalue weighted by atomic mass is 10.4. The van der Waals surface area contributed by atoms with Crippen LogP contribution in [0.25, 0.3) is 0 Å². The summed E-state index contributed by atoms with van der Waals surface area (Å²) < 4.78 is 1.71. The maximum atomic E-state index is 11.5. The highest BCUT2D eigenvalue weighted by Gasteiger charge is 2.08. The van der Waals surface area contributed by atoms with Crippen molar-refractivity contribution in [3.8, 4) is 0 Å². The number of carbonyl (C=O) groups is 2. The number of amides is 2. The molecule has 0 aliphatic heterocycles. The molecule has 7 heteroatoms. The summed E-state index contributed by atoms with van der Waals surface area (Å²) in [5.41, 5.74) is 0. The standard InChI is InChI=1S/C10H16N4O3/c1-13(7-3-9(15)16)10(17)11-5-8-14-6-2-4-12-14/h2,4,6H,3,5,7-8H2,1H3,(H,11,17)(H,15,16). The van der Waals surface area contributed by atoms with Crippen molar-refractivity contribution in [1.82, 2.24) is 20.0 Å². The number of hydrogen-bond acceptors (Lipinski definition) is 3. The number of aliphatic carboxylic acids is 1. The van der Waals surface area contributed by atoms with Crippen LogP contribution in [0.5, 0.6) is 0 Å². The highest BCUT2D eigenvalue weighted by molar-refractivity contribution is 5.74. The van der Waals surface area contributed by atoms with Gasteiger partial charge in [0, 0.05) is 32.5 Å². The Morgan fingerprint density at radius 1 is 1.53 bits per heavy atom. The van der Waals surface area contributed by atoms with Gasteiger partial charge in [0.15, 0.2) is 0 Å². The number of carboxylic acid groups (broad SMARTS) is 1. The minimum absolute atomic E-state index is 0.0525. The molecule has 0 atom stereocenters. The first-order chi connectivity index (χ1) is 8.09. The van der Waals surface area contributed by atoms with E-state index in [1.54, 1.807) is 30.2 Å². The Balaban J connectivity index is 2.17. The first kappa shape index (κ1) is 13.0. The molecule has 17 heavy (non-hydrogen) atoms. The van der Waals surface area contributed by atoms with E-state index in [2.05, 4.69) is 10.4 Å². The molecular formula is C10H16N4O3. The lowest BCUT2D eigenvalue weighted by Gasteiger charge is -2.16. The summed E-state index contributed by atoms with van der Waals surface area (Å²) in [7, 11) is 1.56. The van der Waals surface area contributed by atoms with Crippen molar-refractivity contribution in [2.24, 2.45) is 0 Å². The first-order valence-corrected chi connectivity index (χ1v) is 5.28. The van der Waals surface area contributed by atoms with E-state index in [9.17, 15) is 9.59 Å². The number of carbonyl (C=O) groups excluding carboxylic acids is 1. The van der Waals surface area contributed by atoms with Gasteiger partial charge in [-0.25, -0.2) is 4.79 Å². The number of rotatable bonds is 6. The Morgan fingerprint density at radius 3 is 2.88 bits per heavy atom. The quantitative estimate of drug-likeness (QED) is 0.732. The lowest BCUT2D eigenvalue weighted by Crippen LogP contribution is -2.39. The second-order valence-corrected chi connectivity index (χ2v) is 3.57. The summed E-state index contributed by atoms with van der Waals surface area (Å²) in [6, 6.07) is 1.53. The van der Waals surface area contributed by atoms with E-state index in [4.69, 9.17) is 5.11 Å². The van der Waals surface area contributed by atoms with Crippen LogP contribution in [0.3, 0.4) is 0 Å². The van der Waals surface area contributed by atoms with Gasteiger partial charge in [-0.1, -0.05) is 0 Å². The smallest absolute Gasteiger partial charge is 0.317 e. The van der Waals surface area contributed by atoms with Gasteiger partial charge in [0.1, 0.15) is 0 Å². The van der Waals surface area contributed by atoms with Crippen molar-refractivity contribution in [3.63, 3.8) is 0 Å². The molecule has 0 saturated carbocycles. The van der Waals surface area contributed by atoms with Crippen molar-refractivity contribution < 1.29 is 14.7 Å². The van der Waals surface area contributed by atoms with E-state index in [1.165, 1.54) is 4.90 Å². The number of urea groups is 1. The fourth-order valence-corrected chi connectivity index (χ4v) is 1.21. The summed E-state index contributed by atoms with van der Waals surface area (Å²) in [5, 5.41) is 15.1. The monoisotopic (exact) mass is 240 g/mol. The molecule has 0 spiro atoms. The molecule has 0 saturated heterocycles. The second kappa shape index (κ2) is 6.51. The van der Waals surface area contributed by atoms with Gasteiger partial charge in [-0.15, -0.1) is 0 Å². The maximum absolute atomic E-state index is 11.5. The average Bonchev–Trinajstić information content (AvgIpc) is 2.78. The molecule has 1 aromatic heterocycles. The van der Waals surface area contributed by atoms with Gasteiger partial charge >= 0.3 is 12.0 Å². The molecule has 0 aromatic carbocycles. The van der Waals surface area contributed by atoms with E-state index < -0.39 is 5.97 Å². The van der Waals surface area contributed by atoms with Gasteiger partial charge in [0.05, 0.1) is 13.0 Å². The van der Waals surface area contributed by atoms with Crippen molar-refractivity contribution in [1.29, 1.82) is 0 Å². The van der Waals surface area contributed by atoms with Gasteiger partial charge in [-0.3, -0.25) is 9.48 Å². The van der Waals surface area contributed by atoms with Crippen LogP contribution in [0.4, 0.5) is 4.79 Å². The van der Waals surface area contributed by atoms with Crippen LogP contribution in [0, 0.1) is 0 Å². The first-order valence-electron chi connectivity index (χ1n) is 5.28. The van der Waals surface area contributed by atoms with E-state index in [-0.39, 0.29) is 19.0 Å². The van der Waals surface area contributed by atoms with Crippen molar-refractivity contribution in [3.05, 3.63) is 18.5 Å². The molecule has 2 amide bonds. The lowest BCUT2D eigenvalue weighted by molar-refractivity contribution is -0.137. The topological polar surface area (TPSA) is 87.5 Å². The molecule has 2 N–H and O–H groups in total. The van der Waals surface area contributed by atoms with Crippen LogP contribution in [-0.2, 0) is 11.3 Å². The van der Waals surface area contributed by atoms with Gasteiger partial charge in [0.2, 0.25) is 0 Å². The molecule has 0 aliphatic carbocycles. The van der Waals surface area contributed by atoms with Gasteiger partial charge in [-0.05, 0) is 6.07 Å². The number of nitrogens with zero attached hydrogens (tertiary/aromatic N) is 3. The number of aromatic nitrogens is 2. The average molecular weight is 240 g/mol. The summed E-state index contributed by atoms with van der Waals surface area (Å²) >= 11 is 0. The summed E-state index contributed by atoms with van der Waals surface area (Å²) in [4.78, 5) is 23.1. The number of carboxylic acids is 1. The largest absolute Gasteiger partial charge is 0.481 e. The maximum Gasteiger partial charge on any atom is 0.317 e. The summed E-state index contributed by atoms with van der Waals surface area (Å²) in [6.45, 7) is 1.24. The summed E-state index contributed by atoms with van der Waals surface area (Å²) in [5.74, 6) is -0.916. The molecule has 0 fully saturated rings. The van der Waals surface area contributed by atoms with E-state index in [0.29, 0.717) is 13.1 Å². The Labute approximate surface area is 99.0 Å². The third kappa shape index (κ3) is 5.01. The Hall–Kier alpha value is -2.05. The van der Waals surface area contributed by atoms with Crippen molar-refractivity contribution in [2.75, 3.05) is 20.1 Å². The highest BCUT2D eigenvalue weighted by atomic mass is 16.4. The van der Waals surface area contributed by atoms with Crippen LogP contribution in [0.2, 0.25) is 0 Å². The molecule has 7 nitrogen and oxygen atoms in total. The zero-order chi connectivity index (χ0) is 12.7. The predicted molar refractivity (Wildman–Crippen MR) is 60.5 cm³/mol. The van der Waals surface area contributed by atoms with Gasteiger partial charge in [-0.2, -0.15) is 5.10 Å². The van der Waals surface area contributed by atoms with Gasteiger partial charge in [0.25, 0.3) is 0 Å². The van der Waals surface area contributed by atoms with Crippen LogP contribution in [0.15, 0.2) is 18.5 Å². The minimum Gasteiger partial charge on any atom is -0.481 e. The number of nitrogens with one attached hydrogen (secondary N) is 1.